The summed E-state index contributed by atoms with van der Waals surface area (Å²) >= 11 is 1.31. The largest absolute Gasteiger partial charge is 0.462 e. The number of esters is 1. The zero-order valence-electron chi connectivity index (χ0n) is 12.0. The van der Waals surface area contributed by atoms with Crippen LogP contribution >= 0.6 is 11.3 Å². The van der Waals surface area contributed by atoms with Crippen LogP contribution in [0.1, 0.15) is 59.5 Å². The van der Waals surface area contributed by atoms with Crippen molar-refractivity contribution in [1.82, 2.24) is 0 Å². The molecule has 21 heavy (non-hydrogen) atoms. The Bertz CT molecular complexity index is 576. The summed E-state index contributed by atoms with van der Waals surface area (Å²) in [5, 5.41) is 13.5. The quantitative estimate of drug-likeness (QED) is 0.838. The van der Waals surface area contributed by atoms with Gasteiger partial charge in [0.05, 0.1) is 18.3 Å². The molecule has 0 bridgehead atoms. The van der Waals surface area contributed by atoms with E-state index in [1.807, 2.05) is 0 Å². The second-order valence-electron chi connectivity index (χ2n) is 5.54. The molecular formula is C15H19NO4S. The van der Waals surface area contributed by atoms with Gasteiger partial charge in [0.2, 0.25) is 5.91 Å². The third-order valence-electron chi connectivity index (χ3n) is 3.91. The number of fused-ring (bicyclic) bond motifs is 1. The van der Waals surface area contributed by atoms with Crippen LogP contribution in [0.4, 0.5) is 5.00 Å². The lowest BCUT2D eigenvalue weighted by molar-refractivity contribution is -0.117. The maximum absolute atomic E-state index is 12.2. The molecule has 1 aromatic rings. The minimum absolute atomic E-state index is 0.0337. The van der Waals surface area contributed by atoms with Gasteiger partial charge in [0.15, 0.2) is 0 Å². The minimum Gasteiger partial charge on any atom is -0.462 e. The Morgan fingerprint density at radius 1 is 1.38 bits per heavy atom. The molecule has 0 spiro atoms. The highest BCUT2D eigenvalue weighted by molar-refractivity contribution is 7.17. The number of aliphatic hydroxyl groups excluding tert-OH is 1. The third kappa shape index (κ3) is 2.82. The topological polar surface area (TPSA) is 75.6 Å². The van der Waals surface area contributed by atoms with Gasteiger partial charge in [-0.3, -0.25) is 4.79 Å². The highest BCUT2D eigenvalue weighted by Gasteiger charge is 2.34. The maximum Gasteiger partial charge on any atom is 0.341 e. The average molecular weight is 309 g/mol. The van der Waals surface area contributed by atoms with Gasteiger partial charge < -0.3 is 15.2 Å². The van der Waals surface area contributed by atoms with Crippen LogP contribution in [0.2, 0.25) is 0 Å². The molecule has 0 radical (unpaired) electrons. The lowest BCUT2D eigenvalue weighted by Gasteiger charge is -2.17. The van der Waals surface area contributed by atoms with Crippen molar-refractivity contribution >= 4 is 28.2 Å². The van der Waals surface area contributed by atoms with Crippen LogP contribution < -0.4 is 5.32 Å². The molecular weight excluding hydrogens is 290 g/mol. The molecule has 3 rings (SSSR count). The fraction of sp³-hybridized carbons (Fsp3) is 0.600. The number of nitrogens with one attached hydrogen (secondary N) is 1. The van der Waals surface area contributed by atoms with Gasteiger partial charge in [0.25, 0.3) is 0 Å². The summed E-state index contributed by atoms with van der Waals surface area (Å²) in [5.41, 5.74) is 1.30. The first-order chi connectivity index (χ1) is 10.1. The van der Waals surface area contributed by atoms with E-state index in [1.54, 1.807) is 6.92 Å². The van der Waals surface area contributed by atoms with Gasteiger partial charge >= 0.3 is 5.97 Å². The zero-order valence-corrected chi connectivity index (χ0v) is 12.8. The predicted octanol–water partition coefficient (Wildman–Crippen LogP) is 2.64. The maximum atomic E-state index is 12.2. The molecule has 1 fully saturated rings. The average Bonchev–Trinajstić information content (AvgIpc) is 3.22. The number of ether oxygens (including phenoxy) is 1. The zero-order chi connectivity index (χ0) is 15.0. The molecule has 5 nitrogen and oxygen atoms in total. The van der Waals surface area contributed by atoms with E-state index in [9.17, 15) is 14.7 Å². The summed E-state index contributed by atoms with van der Waals surface area (Å²) in [6.07, 6.45) is 3.57. The van der Waals surface area contributed by atoms with Crippen molar-refractivity contribution in [1.29, 1.82) is 0 Å². The van der Waals surface area contributed by atoms with Crippen molar-refractivity contribution in [2.45, 2.75) is 45.1 Å². The Kier molecular flexibility index (Phi) is 3.99. The number of thiophene rings is 1. The minimum atomic E-state index is -0.543. The Morgan fingerprint density at radius 3 is 2.81 bits per heavy atom. The SMILES string of the molecule is CCOC(=O)c1c(NC(=O)C2CC2)sc2c1CCCC2O. The Morgan fingerprint density at radius 2 is 2.14 bits per heavy atom. The molecule has 0 aliphatic heterocycles. The number of aliphatic hydroxyl groups is 1. The summed E-state index contributed by atoms with van der Waals surface area (Å²) in [7, 11) is 0. The van der Waals surface area contributed by atoms with Crippen molar-refractivity contribution in [2.75, 3.05) is 11.9 Å². The van der Waals surface area contributed by atoms with E-state index in [-0.39, 0.29) is 11.8 Å². The number of amides is 1. The molecule has 1 aromatic heterocycles. The molecule has 1 heterocycles. The van der Waals surface area contributed by atoms with Crippen LogP contribution in [0, 0.1) is 5.92 Å². The normalized spacial score (nSPS) is 20.8. The molecule has 1 unspecified atom stereocenters. The molecule has 1 amide bonds. The van der Waals surface area contributed by atoms with Crippen LogP contribution in [0.25, 0.3) is 0 Å². The molecule has 2 aliphatic rings. The first-order valence-electron chi connectivity index (χ1n) is 7.43. The van der Waals surface area contributed by atoms with Gasteiger partial charge in [-0.2, -0.15) is 0 Å². The molecule has 114 valence electrons. The Balaban J connectivity index is 1.96. The summed E-state index contributed by atoms with van der Waals surface area (Å²) < 4.78 is 5.12. The van der Waals surface area contributed by atoms with Crippen LogP contribution in [0.15, 0.2) is 0 Å². The van der Waals surface area contributed by atoms with Crippen molar-refractivity contribution < 1.29 is 19.4 Å². The summed E-state index contributed by atoms with van der Waals surface area (Å²) in [6.45, 7) is 2.05. The van der Waals surface area contributed by atoms with E-state index in [0.29, 0.717) is 23.6 Å². The van der Waals surface area contributed by atoms with Gasteiger partial charge in [0.1, 0.15) is 5.00 Å². The number of hydrogen-bond acceptors (Lipinski definition) is 5. The van der Waals surface area contributed by atoms with Gasteiger partial charge in [-0.25, -0.2) is 4.79 Å². The fourth-order valence-corrected chi connectivity index (χ4v) is 3.93. The second-order valence-corrected chi connectivity index (χ2v) is 6.59. The Labute approximate surface area is 127 Å². The van der Waals surface area contributed by atoms with Crippen molar-refractivity contribution in [3.8, 4) is 0 Å². The van der Waals surface area contributed by atoms with Gasteiger partial charge in [-0.1, -0.05) is 0 Å². The van der Waals surface area contributed by atoms with Crippen molar-refractivity contribution in [2.24, 2.45) is 5.92 Å². The van der Waals surface area contributed by atoms with E-state index in [1.165, 1.54) is 11.3 Å². The first-order valence-corrected chi connectivity index (χ1v) is 8.25. The predicted molar refractivity (Wildman–Crippen MR) is 79.5 cm³/mol. The molecule has 0 aromatic carbocycles. The molecule has 2 aliphatic carbocycles. The highest BCUT2D eigenvalue weighted by Crippen LogP contribution is 2.43. The third-order valence-corrected chi connectivity index (χ3v) is 5.16. The van der Waals surface area contributed by atoms with Gasteiger partial charge in [-0.15, -0.1) is 11.3 Å². The summed E-state index contributed by atoms with van der Waals surface area (Å²) in [6, 6.07) is 0. The van der Waals surface area contributed by atoms with E-state index in [0.717, 1.165) is 36.1 Å². The van der Waals surface area contributed by atoms with E-state index in [4.69, 9.17) is 4.74 Å². The standard InChI is InChI=1S/C15H19NO4S/c1-2-20-15(19)11-9-4-3-5-10(17)12(9)21-14(11)16-13(18)8-6-7-8/h8,10,17H,2-7H2,1H3,(H,16,18). The summed E-state index contributed by atoms with van der Waals surface area (Å²) in [5.74, 6) is -0.368. The van der Waals surface area contributed by atoms with Crippen molar-refractivity contribution in [3.05, 3.63) is 16.0 Å². The molecule has 2 N–H and O–H groups in total. The van der Waals surface area contributed by atoms with Crippen LogP contribution in [0.5, 0.6) is 0 Å². The van der Waals surface area contributed by atoms with E-state index in [2.05, 4.69) is 5.32 Å². The number of rotatable bonds is 4. The lowest BCUT2D eigenvalue weighted by atomic mass is 9.93. The summed E-state index contributed by atoms with van der Waals surface area (Å²) in [4.78, 5) is 25.0. The van der Waals surface area contributed by atoms with Crippen molar-refractivity contribution in [3.63, 3.8) is 0 Å². The van der Waals surface area contributed by atoms with E-state index < -0.39 is 12.1 Å². The highest BCUT2D eigenvalue weighted by atomic mass is 32.1. The number of anilines is 1. The molecule has 1 saturated carbocycles. The van der Waals surface area contributed by atoms with E-state index >= 15 is 0 Å². The number of carbonyl (C=O) groups excluding carboxylic acids is 2. The number of hydrogen-bond donors (Lipinski definition) is 2. The van der Waals surface area contributed by atoms with Gasteiger partial charge in [0, 0.05) is 10.8 Å². The van der Waals surface area contributed by atoms with Crippen LogP contribution in [-0.2, 0) is 16.0 Å². The molecule has 6 heteroatoms. The Hall–Kier alpha value is -1.40. The molecule has 0 saturated heterocycles. The second kappa shape index (κ2) is 5.77. The number of carbonyl (C=O) groups is 2. The first kappa shape index (κ1) is 14.5. The van der Waals surface area contributed by atoms with Crippen LogP contribution in [-0.4, -0.2) is 23.6 Å². The fourth-order valence-electron chi connectivity index (χ4n) is 2.67. The van der Waals surface area contributed by atoms with Gasteiger partial charge in [-0.05, 0) is 44.6 Å². The molecule has 1 atom stereocenters. The monoisotopic (exact) mass is 309 g/mol. The smallest absolute Gasteiger partial charge is 0.341 e. The lowest BCUT2D eigenvalue weighted by Crippen LogP contribution is -2.17. The van der Waals surface area contributed by atoms with Crippen LogP contribution in [0.3, 0.4) is 0 Å².